The Balaban J connectivity index is 1.92. The Morgan fingerprint density at radius 2 is 2.00 bits per heavy atom. The minimum absolute atomic E-state index is 0.0752. The van der Waals surface area contributed by atoms with Crippen LogP contribution in [0.2, 0.25) is 0 Å². The first-order valence-electron chi connectivity index (χ1n) is 6.90. The average Bonchev–Trinajstić information content (AvgIpc) is 3.03. The van der Waals surface area contributed by atoms with Gasteiger partial charge in [-0.05, 0) is 23.8 Å². The summed E-state index contributed by atoms with van der Waals surface area (Å²) in [4.78, 5) is 4.39. The number of imidazole rings is 1. The van der Waals surface area contributed by atoms with Gasteiger partial charge in [-0.25, -0.2) is 4.98 Å². The van der Waals surface area contributed by atoms with Crippen molar-refractivity contribution in [1.29, 1.82) is 0 Å². The molecule has 1 aliphatic heterocycles. The van der Waals surface area contributed by atoms with Crippen molar-refractivity contribution in [2.45, 2.75) is 6.04 Å². The van der Waals surface area contributed by atoms with Crippen LogP contribution in [0, 0.1) is 0 Å². The Kier molecular flexibility index (Phi) is 2.67. The maximum absolute atomic E-state index is 5.38. The second kappa shape index (κ2) is 4.66. The topological polar surface area (TPSA) is 39.1 Å². The number of aromatic nitrogens is 2. The van der Waals surface area contributed by atoms with E-state index < -0.39 is 0 Å². The molecule has 0 bridgehead atoms. The molecule has 0 saturated carbocycles. The molecule has 0 fully saturated rings. The molecule has 0 spiro atoms. The first-order chi connectivity index (χ1) is 10.4. The van der Waals surface area contributed by atoms with E-state index in [0.717, 1.165) is 17.4 Å². The van der Waals surface area contributed by atoms with Crippen molar-refractivity contribution in [3.8, 4) is 11.4 Å². The van der Waals surface area contributed by atoms with Crippen molar-refractivity contribution >= 4 is 5.95 Å². The SMILES string of the molecule is COc1ccc2c(c1)C(c1ccccc1)Nc1nccn1-2. The molecule has 2 heterocycles. The highest BCUT2D eigenvalue weighted by molar-refractivity contribution is 5.60. The zero-order chi connectivity index (χ0) is 14.2. The van der Waals surface area contributed by atoms with Crippen LogP contribution in [0.5, 0.6) is 5.75 Å². The van der Waals surface area contributed by atoms with Gasteiger partial charge in [0.05, 0.1) is 18.8 Å². The van der Waals surface area contributed by atoms with E-state index in [-0.39, 0.29) is 6.04 Å². The summed E-state index contributed by atoms with van der Waals surface area (Å²) in [6.07, 6.45) is 3.78. The van der Waals surface area contributed by atoms with Crippen LogP contribution in [0.3, 0.4) is 0 Å². The van der Waals surface area contributed by atoms with Gasteiger partial charge in [-0.3, -0.25) is 4.57 Å². The fourth-order valence-corrected chi connectivity index (χ4v) is 2.83. The Morgan fingerprint density at radius 3 is 2.81 bits per heavy atom. The fourth-order valence-electron chi connectivity index (χ4n) is 2.83. The lowest BCUT2D eigenvalue weighted by Gasteiger charge is -2.29. The molecule has 4 nitrogen and oxygen atoms in total. The zero-order valence-corrected chi connectivity index (χ0v) is 11.7. The van der Waals surface area contributed by atoms with E-state index in [9.17, 15) is 0 Å². The van der Waals surface area contributed by atoms with Crippen molar-refractivity contribution in [1.82, 2.24) is 9.55 Å². The second-order valence-electron chi connectivity index (χ2n) is 5.03. The predicted molar refractivity (Wildman–Crippen MR) is 82.0 cm³/mol. The number of ether oxygens (including phenoxy) is 1. The lowest BCUT2D eigenvalue weighted by atomic mass is 9.95. The van der Waals surface area contributed by atoms with E-state index in [0.29, 0.717) is 0 Å². The van der Waals surface area contributed by atoms with Crippen LogP contribution in [0.15, 0.2) is 60.9 Å². The van der Waals surface area contributed by atoms with Gasteiger partial charge in [0, 0.05) is 18.0 Å². The highest BCUT2D eigenvalue weighted by atomic mass is 16.5. The van der Waals surface area contributed by atoms with Crippen LogP contribution in [0.25, 0.3) is 5.69 Å². The monoisotopic (exact) mass is 277 g/mol. The van der Waals surface area contributed by atoms with E-state index in [1.807, 2.05) is 24.5 Å². The van der Waals surface area contributed by atoms with E-state index in [1.54, 1.807) is 7.11 Å². The highest BCUT2D eigenvalue weighted by Crippen LogP contribution is 2.37. The number of anilines is 1. The molecular weight excluding hydrogens is 262 g/mol. The summed E-state index contributed by atoms with van der Waals surface area (Å²) >= 11 is 0. The van der Waals surface area contributed by atoms with Crippen molar-refractivity contribution < 1.29 is 4.74 Å². The summed E-state index contributed by atoms with van der Waals surface area (Å²) in [7, 11) is 1.69. The van der Waals surface area contributed by atoms with Crippen LogP contribution in [0.1, 0.15) is 17.2 Å². The third-order valence-electron chi connectivity index (χ3n) is 3.85. The number of rotatable bonds is 2. The van der Waals surface area contributed by atoms with E-state index in [2.05, 4.69) is 51.3 Å². The molecule has 4 rings (SSSR count). The number of nitrogens with one attached hydrogen (secondary N) is 1. The van der Waals surface area contributed by atoms with Crippen molar-refractivity contribution in [2.75, 3.05) is 12.4 Å². The average molecular weight is 277 g/mol. The molecule has 1 aromatic heterocycles. The molecule has 104 valence electrons. The predicted octanol–water partition coefficient (Wildman–Crippen LogP) is 3.40. The van der Waals surface area contributed by atoms with Gasteiger partial charge in [-0.2, -0.15) is 0 Å². The van der Waals surface area contributed by atoms with Gasteiger partial charge in [-0.15, -0.1) is 0 Å². The van der Waals surface area contributed by atoms with Crippen molar-refractivity contribution in [3.63, 3.8) is 0 Å². The first-order valence-corrected chi connectivity index (χ1v) is 6.90. The van der Waals surface area contributed by atoms with Gasteiger partial charge in [0.1, 0.15) is 5.75 Å². The maximum Gasteiger partial charge on any atom is 0.208 e. The van der Waals surface area contributed by atoms with Crippen LogP contribution >= 0.6 is 0 Å². The van der Waals surface area contributed by atoms with Crippen LogP contribution in [-0.2, 0) is 0 Å². The number of fused-ring (bicyclic) bond motifs is 3. The van der Waals surface area contributed by atoms with Gasteiger partial charge in [0.15, 0.2) is 0 Å². The molecule has 3 aromatic rings. The molecule has 21 heavy (non-hydrogen) atoms. The smallest absolute Gasteiger partial charge is 0.208 e. The molecular formula is C17H15N3O. The largest absolute Gasteiger partial charge is 0.497 e. The van der Waals surface area contributed by atoms with Gasteiger partial charge in [-0.1, -0.05) is 30.3 Å². The van der Waals surface area contributed by atoms with E-state index in [4.69, 9.17) is 4.74 Å². The van der Waals surface area contributed by atoms with Crippen LogP contribution < -0.4 is 10.1 Å². The van der Waals surface area contributed by atoms with Gasteiger partial charge < -0.3 is 10.1 Å². The highest BCUT2D eigenvalue weighted by Gasteiger charge is 2.26. The number of benzene rings is 2. The summed E-state index contributed by atoms with van der Waals surface area (Å²) in [5.74, 6) is 1.72. The molecule has 1 atom stereocenters. The van der Waals surface area contributed by atoms with Crippen LogP contribution in [-0.4, -0.2) is 16.7 Å². The van der Waals surface area contributed by atoms with Crippen molar-refractivity contribution in [3.05, 3.63) is 72.1 Å². The number of nitrogens with zero attached hydrogens (tertiary/aromatic N) is 2. The summed E-state index contributed by atoms with van der Waals surface area (Å²) in [6, 6.07) is 16.6. The molecule has 4 heteroatoms. The number of hydrogen-bond acceptors (Lipinski definition) is 3. The molecule has 2 aromatic carbocycles. The third kappa shape index (κ3) is 1.88. The molecule has 0 saturated heterocycles. The van der Waals surface area contributed by atoms with Gasteiger partial charge in [0.25, 0.3) is 0 Å². The lowest BCUT2D eigenvalue weighted by Crippen LogP contribution is -2.22. The Labute approximate surface area is 123 Å². The minimum Gasteiger partial charge on any atom is -0.497 e. The maximum atomic E-state index is 5.38. The standard InChI is InChI=1S/C17H15N3O/c1-21-13-7-8-15-14(11-13)16(12-5-3-2-4-6-12)19-17-18-9-10-20(15)17/h2-11,16H,1H3,(H,18,19). The summed E-state index contributed by atoms with van der Waals surface area (Å²) in [5.41, 5.74) is 3.53. The normalized spacial score (nSPS) is 15.8. The molecule has 0 amide bonds. The molecule has 0 aliphatic carbocycles. The summed E-state index contributed by atoms with van der Waals surface area (Å²) in [6.45, 7) is 0. The van der Waals surface area contributed by atoms with Gasteiger partial charge in [0.2, 0.25) is 5.95 Å². The minimum atomic E-state index is 0.0752. The zero-order valence-electron chi connectivity index (χ0n) is 11.7. The quantitative estimate of drug-likeness (QED) is 0.780. The lowest BCUT2D eigenvalue weighted by molar-refractivity contribution is 0.414. The fraction of sp³-hybridized carbons (Fsp3) is 0.118. The Hall–Kier alpha value is -2.75. The van der Waals surface area contributed by atoms with E-state index in [1.165, 1.54) is 11.1 Å². The first kappa shape index (κ1) is 12.0. The van der Waals surface area contributed by atoms with E-state index >= 15 is 0 Å². The molecule has 1 N–H and O–H groups in total. The summed E-state index contributed by atoms with van der Waals surface area (Å²) < 4.78 is 7.44. The van der Waals surface area contributed by atoms with Crippen LogP contribution in [0.4, 0.5) is 5.95 Å². The third-order valence-corrected chi connectivity index (χ3v) is 3.85. The Morgan fingerprint density at radius 1 is 1.14 bits per heavy atom. The van der Waals surface area contributed by atoms with Gasteiger partial charge >= 0.3 is 0 Å². The Bertz CT molecular complexity index is 780. The molecule has 1 unspecified atom stereocenters. The molecule has 1 aliphatic rings. The van der Waals surface area contributed by atoms with Crippen molar-refractivity contribution in [2.24, 2.45) is 0 Å². The summed E-state index contributed by atoms with van der Waals surface area (Å²) in [5, 5.41) is 3.50. The molecule has 0 radical (unpaired) electrons. The second-order valence-corrected chi connectivity index (χ2v) is 5.03. The number of methoxy groups -OCH3 is 1. The number of hydrogen-bond donors (Lipinski definition) is 1.